The lowest BCUT2D eigenvalue weighted by Crippen LogP contribution is -2.29. The average molecular weight is 477 g/mol. The highest BCUT2D eigenvalue weighted by Crippen LogP contribution is 2.40. The lowest BCUT2D eigenvalue weighted by Gasteiger charge is -2.26. The molecule has 0 saturated heterocycles. The van der Waals surface area contributed by atoms with E-state index in [4.69, 9.17) is 0 Å². The number of nitriles is 1. The van der Waals surface area contributed by atoms with Crippen molar-refractivity contribution < 1.29 is 18.8 Å². The highest BCUT2D eigenvalue weighted by Gasteiger charge is 2.33. The van der Waals surface area contributed by atoms with Crippen molar-refractivity contribution in [3.63, 3.8) is 0 Å². The molecule has 0 spiro atoms. The lowest BCUT2D eigenvalue weighted by molar-refractivity contribution is 0.101. The van der Waals surface area contributed by atoms with Crippen LogP contribution in [0.4, 0.5) is 10.1 Å². The maximum Gasteiger partial charge on any atom is 0.296 e. The van der Waals surface area contributed by atoms with Gasteiger partial charge in [-0.1, -0.05) is 30.3 Å². The van der Waals surface area contributed by atoms with Crippen molar-refractivity contribution in [1.29, 1.82) is 5.26 Å². The number of aromatic hydroxyl groups is 1. The third-order valence-electron chi connectivity index (χ3n) is 5.68. The molecule has 178 valence electrons. The van der Waals surface area contributed by atoms with Crippen LogP contribution in [0, 0.1) is 17.3 Å². The van der Waals surface area contributed by atoms with E-state index in [9.17, 15) is 24.3 Å². The number of anilines is 1. The molecular formula is C23H20FN7O4. The molecule has 0 aliphatic rings. The molecular weight excluding hydrogens is 457 g/mol. The number of rotatable bonds is 6. The number of carbonyl (C=O) groups excluding carboxylic acids is 1. The van der Waals surface area contributed by atoms with Crippen molar-refractivity contribution in [2.45, 2.75) is 18.8 Å². The summed E-state index contributed by atoms with van der Waals surface area (Å²) in [5.74, 6) is -3.90. The Labute approximate surface area is 198 Å². The van der Waals surface area contributed by atoms with E-state index in [-0.39, 0.29) is 17.1 Å². The highest BCUT2D eigenvalue weighted by molar-refractivity contribution is 6.04. The van der Waals surface area contributed by atoms with Crippen molar-refractivity contribution in [3.05, 3.63) is 87.4 Å². The van der Waals surface area contributed by atoms with E-state index in [1.54, 1.807) is 38.2 Å². The van der Waals surface area contributed by atoms with E-state index in [1.165, 1.54) is 30.4 Å². The molecule has 35 heavy (non-hydrogen) atoms. The first-order chi connectivity index (χ1) is 16.7. The molecule has 2 unspecified atom stereocenters. The average Bonchev–Trinajstić information content (AvgIpc) is 3.47. The lowest BCUT2D eigenvalue weighted by atomic mass is 9.80. The van der Waals surface area contributed by atoms with E-state index in [0.29, 0.717) is 11.1 Å². The normalized spacial score (nSPS) is 12.7. The summed E-state index contributed by atoms with van der Waals surface area (Å²) in [6.07, 6.45) is 3.89. The maximum atomic E-state index is 14.9. The second-order valence-corrected chi connectivity index (χ2v) is 7.91. The Morgan fingerprint density at radius 1 is 1.29 bits per heavy atom. The number of carbonyl (C=O) groups is 1. The Hall–Kier alpha value is -4.79. The fraction of sp³-hybridized carbons (Fsp3) is 0.217. The minimum absolute atomic E-state index is 0.0873. The molecule has 0 aliphatic heterocycles. The van der Waals surface area contributed by atoms with Crippen molar-refractivity contribution in [1.82, 2.24) is 24.5 Å². The molecule has 2 N–H and O–H groups in total. The minimum Gasteiger partial charge on any atom is -0.501 e. The van der Waals surface area contributed by atoms with Gasteiger partial charge in [-0.05, 0) is 11.6 Å². The molecule has 0 fully saturated rings. The second-order valence-electron chi connectivity index (χ2n) is 7.91. The van der Waals surface area contributed by atoms with Crippen LogP contribution in [0.1, 0.15) is 51.8 Å². The van der Waals surface area contributed by atoms with Gasteiger partial charge in [0.2, 0.25) is 11.7 Å². The molecule has 0 bridgehead atoms. The molecule has 4 rings (SSSR count). The zero-order valence-corrected chi connectivity index (χ0v) is 18.9. The number of benzene rings is 1. The summed E-state index contributed by atoms with van der Waals surface area (Å²) in [5, 5.41) is 29.8. The molecule has 2 atom stereocenters. The van der Waals surface area contributed by atoms with Gasteiger partial charge in [0.25, 0.3) is 11.5 Å². The molecule has 0 saturated carbocycles. The summed E-state index contributed by atoms with van der Waals surface area (Å²) >= 11 is 0. The smallest absolute Gasteiger partial charge is 0.296 e. The molecule has 1 aromatic carbocycles. The fourth-order valence-corrected chi connectivity index (χ4v) is 4.04. The number of hydrogen-bond donors (Lipinski definition) is 2. The summed E-state index contributed by atoms with van der Waals surface area (Å²) < 4.78 is 22.0. The van der Waals surface area contributed by atoms with Crippen LogP contribution in [0.3, 0.4) is 0 Å². The standard InChI is InChI=1S/C23H20FN7O4/c1-12(17(16-10-30(2)29-20(16)24)15-7-5-4-6-13(15)8-25)21-28-18(19(32)23(34)31(21)3)22(33)27-14-9-26-35-11-14/h4-7,9-12,17,32H,1-3H3,(H,27,33). The van der Waals surface area contributed by atoms with Gasteiger partial charge in [0, 0.05) is 37.7 Å². The van der Waals surface area contributed by atoms with Gasteiger partial charge in [0.15, 0.2) is 5.69 Å². The molecule has 0 radical (unpaired) electrons. The first-order valence-corrected chi connectivity index (χ1v) is 10.4. The van der Waals surface area contributed by atoms with Crippen LogP contribution in [0.25, 0.3) is 0 Å². The van der Waals surface area contributed by atoms with Gasteiger partial charge in [-0.15, -0.1) is 5.10 Å². The number of hydrogen-bond acceptors (Lipinski definition) is 8. The van der Waals surface area contributed by atoms with Gasteiger partial charge < -0.3 is 14.9 Å². The topological polar surface area (TPSA) is 152 Å². The zero-order chi connectivity index (χ0) is 25.3. The first-order valence-electron chi connectivity index (χ1n) is 10.4. The molecule has 4 aromatic rings. The molecule has 0 aliphatic carbocycles. The van der Waals surface area contributed by atoms with Crippen LogP contribution < -0.4 is 10.9 Å². The molecule has 1 amide bonds. The predicted molar refractivity (Wildman–Crippen MR) is 120 cm³/mol. The summed E-state index contributed by atoms with van der Waals surface area (Å²) in [7, 11) is 2.95. The number of nitrogens with one attached hydrogen (secondary N) is 1. The van der Waals surface area contributed by atoms with Crippen LogP contribution in [-0.4, -0.2) is 35.5 Å². The number of amides is 1. The van der Waals surface area contributed by atoms with Gasteiger partial charge in [-0.2, -0.15) is 9.65 Å². The van der Waals surface area contributed by atoms with E-state index in [1.807, 2.05) is 0 Å². The number of aryl methyl sites for hydroxylation is 1. The van der Waals surface area contributed by atoms with Crippen molar-refractivity contribution in [3.8, 4) is 11.8 Å². The first kappa shape index (κ1) is 23.4. The molecule has 11 nitrogen and oxygen atoms in total. The third-order valence-corrected chi connectivity index (χ3v) is 5.68. The Balaban J connectivity index is 1.88. The largest absolute Gasteiger partial charge is 0.501 e. The van der Waals surface area contributed by atoms with Crippen molar-refractivity contribution >= 4 is 11.6 Å². The van der Waals surface area contributed by atoms with Crippen LogP contribution in [0.2, 0.25) is 0 Å². The molecule has 12 heteroatoms. The Bertz CT molecular complexity index is 1500. The van der Waals surface area contributed by atoms with Crippen LogP contribution in [0.15, 0.2) is 52.2 Å². The van der Waals surface area contributed by atoms with Gasteiger partial charge in [0.05, 0.1) is 17.8 Å². The Kier molecular flexibility index (Phi) is 6.16. The highest BCUT2D eigenvalue weighted by atomic mass is 19.1. The summed E-state index contributed by atoms with van der Waals surface area (Å²) in [4.78, 5) is 29.9. The van der Waals surface area contributed by atoms with Crippen LogP contribution in [-0.2, 0) is 14.1 Å². The van der Waals surface area contributed by atoms with E-state index in [2.05, 4.69) is 31.1 Å². The van der Waals surface area contributed by atoms with E-state index in [0.717, 1.165) is 4.57 Å². The van der Waals surface area contributed by atoms with Crippen LogP contribution in [0.5, 0.6) is 5.75 Å². The Morgan fingerprint density at radius 3 is 2.66 bits per heavy atom. The zero-order valence-electron chi connectivity index (χ0n) is 18.9. The van der Waals surface area contributed by atoms with E-state index >= 15 is 0 Å². The SMILES string of the molecule is CC(c1nc(C(=O)Nc2cnoc2)c(O)c(=O)n1C)C(c1ccccc1C#N)c1cn(C)nc1F. The maximum absolute atomic E-state index is 14.9. The third kappa shape index (κ3) is 4.26. The van der Waals surface area contributed by atoms with Crippen molar-refractivity contribution in [2.75, 3.05) is 5.32 Å². The predicted octanol–water partition coefficient (Wildman–Crippen LogP) is 2.41. The summed E-state index contributed by atoms with van der Waals surface area (Å²) in [6, 6.07) is 8.80. The number of halogens is 1. The van der Waals surface area contributed by atoms with Gasteiger partial charge in [-0.3, -0.25) is 18.8 Å². The quantitative estimate of drug-likeness (QED) is 0.429. The van der Waals surface area contributed by atoms with E-state index < -0.39 is 40.7 Å². The number of aromatic nitrogens is 5. The fourth-order valence-electron chi connectivity index (χ4n) is 4.04. The van der Waals surface area contributed by atoms with Gasteiger partial charge in [-0.25, -0.2) is 4.98 Å². The monoisotopic (exact) mass is 477 g/mol. The van der Waals surface area contributed by atoms with Crippen LogP contribution >= 0.6 is 0 Å². The minimum atomic E-state index is -0.865. The summed E-state index contributed by atoms with van der Waals surface area (Å²) in [5.41, 5.74) is -0.203. The Morgan fingerprint density at radius 2 is 2.03 bits per heavy atom. The van der Waals surface area contributed by atoms with Gasteiger partial charge >= 0.3 is 0 Å². The van der Waals surface area contributed by atoms with Gasteiger partial charge in [0.1, 0.15) is 17.8 Å². The van der Waals surface area contributed by atoms with Crippen molar-refractivity contribution in [2.24, 2.45) is 14.1 Å². The summed E-state index contributed by atoms with van der Waals surface area (Å²) in [6.45, 7) is 1.69. The number of nitrogens with zero attached hydrogens (tertiary/aromatic N) is 6. The second kappa shape index (κ2) is 9.22. The molecule has 3 heterocycles. The molecule has 3 aromatic heterocycles.